The average molecular weight is 569 g/mol. The number of carbonyl (C=O) groups excluding carboxylic acids is 2. The van der Waals surface area contributed by atoms with E-state index in [0.717, 1.165) is 5.56 Å². The Morgan fingerprint density at radius 3 is 2.21 bits per heavy atom. The molecule has 1 amide bonds. The number of rotatable bonds is 14. The van der Waals surface area contributed by atoms with E-state index in [4.69, 9.17) is 4.74 Å². The van der Waals surface area contributed by atoms with E-state index in [0.29, 0.717) is 47.6 Å². The summed E-state index contributed by atoms with van der Waals surface area (Å²) < 4.78 is 19.2. The Kier molecular flexibility index (Phi) is 10.4. The molecule has 0 fully saturated rings. The number of nitrogens with one attached hydrogen (secondary N) is 1. The van der Waals surface area contributed by atoms with E-state index in [1.54, 1.807) is 89.8 Å². The predicted octanol–water partition coefficient (Wildman–Crippen LogP) is 6.38. The van der Waals surface area contributed by atoms with Gasteiger partial charge in [0.2, 0.25) is 5.91 Å². The summed E-state index contributed by atoms with van der Waals surface area (Å²) in [5.41, 5.74) is 2.73. The molecule has 2 N–H and O–H groups in total. The van der Waals surface area contributed by atoms with E-state index in [1.165, 1.54) is 12.1 Å². The Hall–Kier alpha value is -4.98. The van der Waals surface area contributed by atoms with Crippen LogP contribution in [0.5, 0.6) is 5.75 Å². The van der Waals surface area contributed by atoms with Gasteiger partial charge in [-0.2, -0.15) is 0 Å². The summed E-state index contributed by atoms with van der Waals surface area (Å²) >= 11 is 0. The van der Waals surface area contributed by atoms with Crippen LogP contribution in [0, 0.1) is 5.82 Å². The zero-order valence-electron chi connectivity index (χ0n) is 23.3. The number of carboxylic acid groups (broad SMARTS) is 1. The van der Waals surface area contributed by atoms with Crippen molar-refractivity contribution in [3.05, 3.63) is 126 Å². The van der Waals surface area contributed by atoms with E-state index in [1.807, 2.05) is 13.0 Å². The Morgan fingerprint density at radius 1 is 0.881 bits per heavy atom. The maximum absolute atomic E-state index is 13.4. The highest BCUT2D eigenvalue weighted by Crippen LogP contribution is 2.22. The average Bonchev–Trinajstić information content (AvgIpc) is 3.01. The zero-order chi connectivity index (χ0) is 29.9. The van der Waals surface area contributed by atoms with Crippen molar-refractivity contribution in [2.45, 2.75) is 32.2 Å². The lowest BCUT2D eigenvalue weighted by Crippen LogP contribution is -2.34. The minimum atomic E-state index is -1.05. The molecule has 0 heterocycles. The molecule has 0 aromatic heterocycles. The van der Waals surface area contributed by atoms with Crippen LogP contribution in [0.25, 0.3) is 0 Å². The number of carboxylic acids is 1. The molecule has 0 aliphatic rings. The van der Waals surface area contributed by atoms with E-state index < -0.39 is 12.0 Å². The summed E-state index contributed by atoms with van der Waals surface area (Å²) in [5, 5.41) is 13.0. The third-order valence-electron chi connectivity index (χ3n) is 6.69. The quantitative estimate of drug-likeness (QED) is 0.172. The van der Waals surface area contributed by atoms with Gasteiger partial charge in [0, 0.05) is 35.3 Å². The number of carbonyl (C=O) groups is 3. The van der Waals surface area contributed by atoms with E-state index >= 15 is 0 Å². The standard InChI is InChI=1S/C34H33FN2O5/c1-2-8-32(38)37(27-17-15-26(35)16-18-27)21-22-42-28-19-13-24(14-20-28)23-31(34(40)41)36-30-12-7-6-11-29(30)33(39)25-9-4-3-5-10-25/h3-7,9-20,31,36H,2,8,21-23H2,1H3,(H,40,41)/t31-/m0/s1. The van der Waals surface area contributed by atoms with E-state index in [2.05, 4.69) is 5.32 Å². The van der Waals surface area contributed by atoms with Crippen molar-refractivity contribution in [2.24, 2.45) is 0 Å². The number of amides is 1. The highest BCUT2D eigenvalue weighted by Gasteiger charge is 2.21. The molecular formula is C34H33FN2O5. The first-order chi connectivity index (χ1) is 20.4. The lowest BCUT2D eigenvalue weighted by Gasteiger charge is -2.23. The van der Waals surface area contributed by atoms with Crippen LogP contribution in [0.3, 0.4) is 0 Å². The topological polar surface area (TPSA) is 95.9 Å². The monoisotopic (exact) mass is 568 g/mol. The van der Waals surface area contributed by atoms with E-state index in [-0.39, 0.29) is 30.5 Å². The number of halogens is 1. The maximum Gasteiger partial charge on any atom is 0.326 e. The molecule has 4 aromatic rings. The molecule has 0 aliphatic heterocycles. The normalized spacial score (nSPS) is 11.4. The molecule has 8 heteroatoms. The van der Waals surface area contributed by atoms with Gasteiger partial charge in [-0.25, -0.2) is 9.18 Å². The summed E-state index contributed by atoms with van der Waals surface area (Å²) in [6.07, 6.45) is 1.24. The van der Waals surface area contributed by atoms with Gasteiger partial charge in [-0.1, -0.05) is 61.5 Å². The molecule has 0 unspecified atom stereocenters. The number of anilines is 2. The van der Waals surface area contributed by atoms with Gasteiger partial charge in [0.1, 0.15) is 24.2 Å². The molecule has 0 radical (unpaired) electrons. The Bertz CT molecular complexity index is 1490. The molecule has 0 aliphatic carbocycles. The van der Waals surface area contributed by atoms with Crippen LogP contribution in [0.1, 0.15) is 41.3 Å². The molecule has 0 saturated carbocycles. The molecule has 7 nitrogen and oxygen atoms in total. The number of hydrogen-bond donors (Lipinski definition) is 2. The van der Waals surface area contributed by atoms with Crippen LogP contribution in [-0.4, -0.2) is 42.0 Å². The molecule has 0 bridgehead atoms. The first-order valence-corrected chi connectivity index (χ1v) is 13.8. The number of benzene rings is 4. The summed E-state index contributed by atoms with van der Waals surface area (Å²) in [7, 11) is 0. The smallest absolute Gasteiger partial charge is 0.326 e. The second-order valence-corrected chi connectivity index (χ2v) is 9.74. The van der Waals surface area contributed by atoms with Crippen LogP contribution in [0.4, 0.5) is 15.8 Å². The summed E-state index contributed by atoms with van der Waals surface area (Å²) in [5.74, 6) is -1.11. The Labute approximate surface area is 244 Å². The molecule has 1 atom stereocenters. The maximum atomic E-state index is 13.4. The Balaban J connectivity index is 1.38. The minimum absolute atomic E-state index is 0.0673. The summed E-state index contributed by atoms with van der Waals surface area (Å²) in [4.78, 5) is 39.4. The number of para-hydroxylation sites is 1. The van der Waals surface area contributed by atoms with Crippen molar-refractivity contribution in [2.75, 3.05) is 23.4 Å². The number of nitrogens with zero attached hydrogens (tertiary/aromatic N) is 1. The predicted molar refractivity (Wildman–Crippen MR) is 161 cm³/mol. The van der Waals surface area contributed by atoms with Crippen molar-refractivity contribution >= 4 is 29.0 Å². The number of aliphatic carboxylic acids is 1. The molecule has 216 valence electrons. The summed E-state index contributed by atoms with van der Waals surface area (Å²) in [6, 6.07) is 27.6. The second-order valence-electron chi connectivity index (χ2n) is 9.74. The van der Waals surface area contributed by atoms with Crippen LogP contribution >= 0.6 is 0 Å². The number of hydrogen-bond acceptors (Lipinski definition) is 5. The number of ketones is 1. The van der Waals surface area contributed by atoms with Crippen LogP contribution in [0.2, 0.25) is 0 Å². The first-order valence-electron chi connectivity index (χ1n) is 13.8. The van der Waals surface area contributed by atoms with Gasteiger partial charge in [0.05, 0.1) is 6.54 Å². The lowest BCUT2D eigenvalue weighted by atomic mass is 10.00. The zero-order valence-corrected chi connectivity index (χ0v) is 23.3. The van der Waals surface area contributed by atoms with Crippen LogP contribution in [0.15, 0.2) is 103 Å². The Morgan fingerprint density at radius 2 is 1.55 bits per heavy atom. The molecule has 42 heavy (non-hydrogen) atoms. The van der Waals surface area contributed by atoms with Gasteiger partial charge in [0.25, 0.3) is 0 Å². The van der Waals surface area contributed by atoms with Gasteiger partial charge in [-0.05, 0) is 60.5 Å². The fraction of sp³-hybridized carbons (Fsp3) is 0.206. The van der Waals surface area contributed by atoms with Gasteiger partial charge in [-0.15, -0.1) is 0 Å². The molecular weight excluding hydrogens is 535 g/mol. The first kappa shape index (κ1) is 30.0. The third kappa shape index (κ3) is 8.04. The van der Waals surface area contributed by atoms with Gasteiger partial charge in [0.15, 0.2) is 5.78 Å². The molecule has 0 saturated heterocycles. The van der Waals surface area contributed by atoms with Crippen molar-refractivity contribution in [1.29, 1.82) is 0 Å². The second kappa shape index (κ2) is 14.6. The van der Waals surface area contributed by atoms with Gasteiger partial charge >= 0.3 is 5.97 Å². The molecule has 4 aromatic carbocycles. The fourth-order valence-electron chi connectivity index (χ4n) is 4.52. The van der Waals surface area contributed by atoms with E-state index in [9.17, 15) is 23.9 Å². The molecule has 0 spiro atoms. The van der Waals surface area contributed by atoms with Crippen molar-refractivity contribution in [3.63, 3.8) is 0 Å². The third-order valence-corrected chi connectivity index (χ3v) is 6.69. The fourth-order valence-corrected chi connectivity index (χ4v) is 4.52. The highest BCUT2D eigenvalue weighted by molar-refractivity contribution is 6.12. The van der Waals surface area contributed by atoms with Crippen LogP contribution in [-0.2, 0) is 16.0 Å². The summed E-state index contributed by atoms with van der Waals surface area (Å²) in [6.45, 7) is 2.43. The SMILES string of the molecule is CCCC(=O)N(CCOc1ccc(C[C@H](Nc2ccccc2C(=O)c2ccccc2)C(=O)O)cc1)c1ccc(F)cc1. The minimum Gasteiger partial charge on any atom is -0.492 e. The van der Waals surface area contributed by atoms with Crippen molar-refractivity contribution in [1.82, 2.24) is 0 Å². The highest BCUT2D eigenvalue weighted by atomic mass is 19.1. The largest absolute Gasteiger partial charge is 0.492 e. The lowest BCUT2D eigenvalue weighted by molar-refractivity contribution is -0.137. The van der Waals surface area contributed by atoms with Crippen LogP contribution < -0.4 is 15.0 Å². The van der Waals surface area contributed by atoms with Gasteiger partial charge < -0.3 is 20.1 Å². The van der Waals surface area contributed by atoms with Crippen molar-refractivity contribution in [3.8, 4) is 5.75 Å². The number of ether oxygens (including phenoxy) is 1. The van der Waals surface area contributed by atoms with Crippen molar-refractivity contribution < 1.29 is 28.6 Å². The van der Waals surface area contributed by atoms with Gasteiger partial charge in [-0.3, -0.25) is 9.59 Å². The molecule has 4 rings (SSSR count).